The summed E-state index contributed by atoms with van der Waals surface area (Å²) < 4.78 is 158. The summed E-state index contributed by atoms with van der Waals surface area (Å²) >= 11 is 0. The van der Waals surface area contributed by atoms with Crippen LogP contribution in [-0.4, -0.2) is 176 Å². The van der Waals surface area contributed by atoms with E-state index < -0.39 is 190 Å². The molecule has 8 aliphatic carbocycles. The molecule has 4 bridgehead atoms. The van der Waals surface area contributed by atoms with Crippen LogP contribution < -0.4 is 24.7 Å². The second-order valence-corrected chi connectivity index (χ2v) is 43.4. The van der Waals surface area contributed by atoms with Crippen LogP contribution in [-0.2, 0) is 80.7 Å². The van der Waals surface area contributed by atoms with Gasteiger partial charge in [-0.1, -0.05) is 95.9 Å². The lowest BCUT2D eigenvalue weighted by molar-refractivity contribution is -0.160. The largest absolute Gasteiger partial charge is 0.480 e. The molecule has 0 spiro atoms. The Morgan fingerprint density at radius 1 is 0.554 bits per heavy atom. The Morgan fingerprint density at radius 2 is 0.967 bits per heavy atom. The highest BCUT2D eigenvalue weighted by Crippen LogP contribution is 2.62. The molecule has 4 aliphatic heterocycles. The number of nitrogens with one attached hydrogen (secondary N) is 2. The van der Waals surface area contributed by atoms with Gasteiger partial charge in [-0.25, -0.2) is 67.9 Å². The second kappa shape index (κ2) is 34.2. The van der Waals surface area contributed by atoms with E-state index in [2.05, 4.69) is 9.97 Å². The minimum atomic E-state index is -4.21. The van der Waals surface area contributed by atoms with Gasteiger partial charge in [0.15, 0.2) is 5.78 Å². The topological polar surface area (TPSA) is 370 Å². The Bertz CT molecular complexity index is 4910. The van der Waals surface area contributed by atoms with E-state index >= 15 is 0 Å². The van der Waals surface area contributed by atoms with Crippen LogP contribution in [0, 0.1) is 98.9 Å². The van der Waals surface area contributed by atoms with Gasteiger partial charge < -0.3 is 39.6 Å². The fraction of sp³-hybridized carbons (Fsp3) is 0.724. The summed E-state index contributed by atoms with van der Waals surface area (Å²) in [4.78, 5) is 130. The number of Topliss-reactive ketones (excluding diaryl/α,β-unsaturated/α-hetero) is 1. The first-order valence-corrected chi connectivity index (χ1v) is 45.2. The predicted molar refractivity (Wildman–Crippen MR) is 433 cm³/mol. The molecule has 16 rings (SSSR count). The van der Waals surface area contributed by atoms with Crippen LogP contribution in [0.5, 0.6) is 11.8 Å². The van der Waals surface area contributed by atoms with Crippen LogP contribution in [0.2, 0.25) is 0 Å². The number of carboxylic acids is 1. The highest BCUT2D eigenvalue weighted by atomic mass is 32.2. The Kier molecular flexibility index (Phi) is 26.1. The van der Waals surface area contributed by atoms with Crippen LogP contribution >= 0.6 is 0 Å². The maximum Gasteiger partial charge on any atom is 0.326 e. The molecule has 0 radical (unpaired) electrons. The molecule has 121 heavy (non-hydrogen) atoms. The Hall–Kier alpha value is -7.88. The van der Waals surface area contributed by atoms with E-state index in [4.69, 9.17) is 34.6 Å². The monoisotopic (exact) mass is 1740 g/mol. The zero-order valence-corrected chi connectivity index (χ0v) is 70.6. The van der Waals surface area contributed by atoms with Crippen molar-refractivity contribution < 1.29 is 106 Å². The minimum Gasteiger partial charge on any atom is -0.480 e. The van der Waals surface area contributed by atoms with E-state index in [9.17, 15) is 86.6 Å². The average Bonchev–Trinajstić information content (AvgIpc) is 1.55. The number of aryl methyl sites for hydroxylation is 2. The number of aliphatic carboxylic acids is 1. The Labute approximate surface area is 704 Å². The molecule has 26 nitrogen and oxygen atoms in total. The van der Waals surface area contributed by atoms with Gasteiger partial charge in [0.05, 0.1) is 80.8 Å². The molecule has 10 fully saturated rings. The Morgan fingerprint density at radius 3 is 1.36 bits per heavy atom. The maximum atomic E-state index is 14.9. The number of sulfonamides is 2. The molecule has 12 aliphatic rings. The molecule has 20 atom stereocenters. The van der Waals surface area contributed by atoms with Crippen LogP contribution in [0.1, 0.15) is 230 Å². The third kappa shape index (κ3) is 19.1. The van der Waals surface area contributed by atoms with Crippen molar-refractivity contribution >= 4 is 89.4 Å². The minimum absolute atomic E-state index is 0. The first kappa shape index (κ1) is 92.3. The number of alkyl halides is 4. The predicted octanol–water partition coefficient (Wildman–Crippen LogP) is 12.8. The van der Waals surface area contributed by atoms with E-state index in [1.807, 2.05) is 51.0 Å². The zero-order chi connectivity index (χ0) is 86.1. The number of esters is 2. The molecule has 668 valence electrons. The first-order chi connectivity index (χ1) is 55.7. The van der Waals surface area contributed by atoms with Crippen molar-refractivity contribution in [2.75, 3.05) is 13.1 Å². The molecular weight excluding hydrogens is 1620 g/mol. The lowest BCUT2D eigenvalue weighted by Crippen LogP contribution is -2.50. The third-order valence-corrected chi connectivity index (χ3v) is 32.7. The molecule has 34 heteroatoms. The van der Waals surface area contributed by atoms with Gasteiger partial charge in [-0.15, -0.1) is 0 Å². The number of ketones is 1. The highest BCUT2D eigenvalue weighted by Gasteiger charge is 2.68. The molecule has 8 saturated carbocycles. The summed E-state index contributed by atoms with van der Waals surface area (Å²) in [5.74, 6) is -9.46. The quantitative estimate of drug-likeness (QED) is 0.0756. The van der Waals surface area contributed by atoms with Crippen molar-refractivity contribution in [1.29, 1.82) is 0 Å². The van der Waals surface area contributed by atoms with Gasteiger partial charge in [0, 0.05) is 42.2 Å². The van der Waals surface area contributed by atoms with Crippen LogP contribution in [0.4, 0.5) is 26.3 Å². The van der Waals surface area contributed by atoms with E-state index in [0.29, 0.717) is 96.1 Å². The lowest BCUT2D eigenvalue weighted by atomic mass is 9.77. The van der Waals surface area contributed by atoms with Crippen molar-refractivity contribution in [1.82, 2.24) is 39.2 Å². The maximum absolute atomic E-state index is 14.9. The number of carbonyl (C=O) groups is 8. The number of carboxylic acid groups (broad SMARTS) is 1. The number of nitrogens with zero attached hydrogens (tertiary/aromatic N) is 6. The van der Waals surface area contributed by atoms with Gasteiger partial charge in [0.1, 0.15) is 59.0 Å². The summed E-state index contributed by atoms with van der Waals surface area (Å²) in [5.41, 5.74) is 3.14. The SMILES string of the molecule is C.C.CC1(S(=O)(=O)NC(=O)[C@@]2(N)C[C@H]2C(F)F)CC1.C[C@@H]1[C@@H]2CN(C(=O)[C@H](C(C)(C)C)CC(=O)O[C@@H]3C[C@@H]4C[C@@H]4[C@H]3CCCCCc3nc4ccc(F)cc4nc3O2)[C@@H]1C(=O)C[C@]1(C(=O)NS(=O)(=O)C2(C)CC2)C[C@H]1C(F)F.C[C@@H]1[C@@H]2CN(C(=O)[C@H](C(C)(C)C)CC(=O)O[C@@H]3C[C@@H]4C[C@@H]4[C@H]3CCCCCc3nc4ccc(F)cc4nc3O2)[C@@H]1C(=O)O. The number of halogens is 6. The van der Waals surface area contributed by atoms with E-state index in [1.54, 1.807) is 26.0 Å². The number of hydrogen-bond donors (Lipinski definition) is 4. The zero-order valence-electron chi connectivity index (χ0n) is 69.0. The smallest absolute Gasteiger partial charge is 0.326 e. The fourth-order valence-corrected chi connectivity index (χ4v) is 22.2. The van der Waals surface area contributed by atoms with Crippen molar-refractivity contribution in [2.45, 2.75) is 296 Å². The molecule has 4 amide bonds. The summed E-state index contributed by atoms with van der Waals surface area (Å²) in [6.07, 6.45) is 4.53. The Balaban J connectivity index is 0.000000188. The fourth-order valence-electron chi connectivity index (χ4n) is 19.6. The second-order valence-electron chi connectivity index (χ2n) is 39.0. The number of aromatic nitrogens is 4. The number of carbonyl (C=O) groups excluding carboxylic acids is 7. The van der Waals surface area contributed by atoms with Gasteiger partial charge in [0.25, 0.3) is 5.91 Å². The van der Waals surface area contributed by atoms with Crippen LogP contribution in [0.15, 0.2) is 36.4 Å². The lowest BCUT2D eigenvalue weighted by Gasteiger charge is -2.35. The first-order valence-electron chi connectivity index (χ1n) is 42.2. The van der Waals surface area contributed by atoms with Gasteiger partial charge in [-0.2, -0.15) is 0 Å². The third-order valence-electron chi connectivity index (χ3n) is 28.4. The molecule has 2 aromatic heterocycles. The molecule has 6 heterocycles. The van der Waals surface area contributed by atoms with Gasteiger partial charge in [-0.05, 0) is 187 Å². The summed E-state index contributed by atoms with van der Waals surface area (Å²) in [6.45, 7) is 17.4. The summed E-state index contributed by atoms with van der Waals surface area (Å²) in [7, 11) is -8.01. The summed E-state index contributed by atoms with van der Waals surface area (Å²) in [5, 5.41) is 10.2. The molecular formula is C87H119F6N9O17S2. The number of rotatable bonds is 12. The standard InChI is InChI=1S/C43H55F3N4O8S.C33H42FN3O6.C9H14F2N2O3S.2CH4/c1-22-34-21-50(36(22)32(51)20-43(19-28(43)37(45)46)40(54)49-59(55,56)42(5)13-14-42)39(53)27(41(2,3)4)18-35(52)57-33-16-23-15-26(23)25(33)9-7-6-8-10-30-38(58-34)48-31-17-24(44)11-12-29(31)47-30;1-17-27-16-37(29(17)32(40)41)31(39)22(33(2,3)4)15-28(38)42-26-13-18-12-21(18)20(26)8-6-5-7-9-24-30(43-27)36-25-14-19(34)10-11-23(25)35-24;1-8(2-3-8)17(15,16)13-7(14)9(12)4-5(9)6(10)11;;/h11-12,17,22-23,25-28,33-34,36-37H,6-10,13-16,18-21H2,1-5H3,(H,49,54);10-11,14,17-18,20-22,26-27,29H,5-9,12-13,15-16H2,1-4H3,(H,40,41);5-6H,2-4,12H2,1H3,(H,13,14);2*1H4/t22-,23+,25-,26+,27-,28+,33-,34+,36+,43-;17-,18+,20-,21+,22-,26-,27+,29+;5-,9+;;/m110../s1. The molecule has 4 aromatic rings. The van der Waals surface area contributed by atoms with E-state index in [-0.39, 0.29) is 88.6 Å². The molecule has 0 unspecified atom stereocenters. The van der Waals surface area contributed by atoms with Crippen molar-refractivity contribution in [2.24, 2.45) is 93.0 Å². The number of ether oxygens (including phenoxy) is 4. The number of hydrogen-bond acceptors (Lipinski definition) is 21. The molecule has 2 saturated heterocycles. The number of benzene rings is 2. The highest BCUT2D eigenvalue weighted by molar-refractivity contribution is 7.92. The molecule has 2 aromatic carbocycles. The van der Waals surface area contributed by atoms with Gasteiger partial charge in [0.2, 0.25) is 62.4 Å². The number of nitrogens with two attached hydrogens (primary N) is 1. The summed E-state index contributed by atoms with van der Waals surface area (Å²) in [6, 6.07) is 5.93. The van der Waals surface area contributed by atoms with Crippen molar-refractivity contribution in [3.63, 3.8) is 0 Å². The van der Waals surface area contributed by atoms with E-state index in [1.165, 1.54) is 54.3 Å². The van der Waals surface area contributed by atoms with Crippen molar-refractivity contribution in [3.8, 4) is 11.8 Å². The number of amides is 4. The van der Waals surface area contributed by atoms with Crippen LogP contribution in [0.25, 0.3) is 22.1 Å². The van der Waals surface area contributed by atoms with E-state index in [0.717, 1.165) is 70.6 Å². The van der Waals surface area contributed by atoms with Crippen LogP contribution in [0.3, 0.4) is 0 Å². The van der Waals surface area contributed by atoms with Gasteiger partial charge >= 0.3 is 17.9 Å². The molecule has 5 N–H and O–H groups in total. The van der Waals surface area contributed by atoms with Gasteiger partial charge in [-0.3, -0.25) is 43.0 Å². The average molecular weight is 1740 g/mol. The normalized spacial score (nSPS) is 33.5. The van der Waals surface area contributed by atoms with Crippen molar-refractivity contribution in [3.05, 3.63) is 59.4 Å². The number of fused-ring (bicyclic) bond motifs is 14.